The number of aromatic nitrogens is 1. The molecule has 0 aliphatic heterocycles. The Bertz CT molecular complexity index is 656. The molecule has 0 unspecified atom stereocenters. The van der Waals surface area contributed by atoms with Gasteiger partial charge in [0.15, 0.2) is 5.96 Å². The molecule has 24 heavy (non-hydrogen) atoms. The number of thiazole rings is 1. The Morgan fingerprint density at radius 1 is 1.25 bits per heavy atom. The van der Waals surface area contributed by atoms with Gasteiger partial charge in [-0.15, -0.1) is 46.7 Å². The third kappa shape index (κ3) is 6.68. The molecule has 0 spiro atoms. The molecule has 0 radical (unpaired) electrons. The number of nitrogens with zero attached hydrogens (tertiary/aromatic N) is 2. The molecule has 0 atom stereocenters. The average molecular weight is 478 g/mol. The van der Waals surface area contributed by atoms with Gasteiger partial charge in [0.2, 0.25) is 0 Å². The van der Waals surface area contributed by atoms with Gasteiger partial charge in [0.1, 0.15) is 0 Å². The predicted octanol–water partition coefficient (Wildman–Crippen LogP) is 4.34. The van der Waals surface area contributed by atoms with E-state index in [0.717, 1.165) is 25.5 Å². The zero-order valence-corrected chi connectivity index (χ0v) is 18.9. The van der Waals surface area contributed by atoms with Crippen LogP contribution in [0.15, 0.2) is 22.5 Å². The minimum Gasteiger partial charge on any atom is -0.356 e. The summed E-state index contributed by atoms with van der Waals surface area (Å²) in [5, 5.41) is 10.0. The van der Waals surface area contributed by atoms with E-state index in [-0.39, 0.29) is 29.4 Å². The van der Waals surface area contributed by atoms with Crippen LogP contribution in [0.4, 0.5) is 0 Å². The molecule has 0 aromatic carbocycles. The molecule has 0 saturated heterocycles. The van der Waals surface area contributed by atoms with Crippen molar-refractivity contribution < 1.29 is 0 Å². The number of halogens is 1. The number of nitrogens with one attached hydrogen (secondary N) is 2. The van der Waals surface area contributed by atoms with Crippen LogP contribution in [0.5, 0.6) is 0 Å². The summed E-state index contributed by atoms with van der Waals surface area (Å²) >= 11 is 3.55. The summed E-state index contributed by atoms with van der Waals surface area (Å²) in [6, 6.07) is 4.30. The molecule has 2 aromatic heterocycles. The van der Waals surface area contributed by atoms with Crippen molar-refractivity contribution in [3.63, 3.8) is 0 Å². The van der Waals surface area contributed by atoms with E-state index in [2.05, 4.69) is 60.8 Å². The van der Waals surface area contributed by atoms with Crippen LogP contribution >= 0.6 is 46.7 Å². The molecule has 0 aliphatic rings. The highest BCUT2D eigenvalue weighted by Gasteiger charge is 2.17. The third-order valence-electron chi connectivity index (χ3n) is 3.40. The van der Waals surface area contributed by atoms with Crippen LogP contribution in [0.3, 0.4) is 0 Å². The summed E-state index contributed by atoms with van der Waals surface area (Å²) < 4.78 is 0. The first-order valence-corrected chi connectivity index (χ1v) is 9.53. The summed E-state index contributed by atoms with van der Waals surface area (Å²) in [4.78, 5) is 11.6. The van der Waals surface area contributed by atoms with Gasteiger partial charge in [-0.05, 0) is 19.1 Å². The second-order valence-electron chi connectivity index (χ2n) is 6.49. The minimum absolute atomic E-state index is 0. The van der Waals surface area contributed by atoms with Gasteiger partial charge in [0, 0.05) is 40.6 Å². The Morgan fingerprint density at radius 3 is 2.54 bits per heavy atom. The molecule has 7 heteroatoms. The number of thiophene rings is 1. The van der Waals surface area contributed by atoms with Gasteiger partial charge in [0.05, 0.1) is 17.2 Å². The van der Waals surface area contributed by atoms with Crippen molar-refractivity contribution in [1.29, 1.82) is 0 Å². The van der Waals surface area contributed by atoms with Crippen LogP contribution in [-0.4, -0.2) is 24.5 Å². The average Bonchev–Trinajstić information content (AvgIpc) is 3.11. The monoisotopic (exact) mass is 478 g/mol. The lowest BCUT2D eigenvalue weighted by molar-refractivity contribution is 0.570. The van der Waals surface area contributed by atoms with Gasteiger partial charge in [-0.1, -0.05) is 20.8 Å². The Kier molecular flexibility index (Phi) is 8.66. The fourth-order valence-electron chi connectivity index (χ4n) is 2.03. The number of aryl methyl sites for hydroxylation is 1. The summed E-state index contributed by atoms with van der Waals surface area (Å²) in [6.07, 6.45) is 0.916. The van der Waals surface area contributed by atoms with Gasteiger partial charge in [-0.2, -0.15) is 0 Å². The molecule has 2 N–H and O–H groups in total. The number of rotatable bonds is 5. The van der Waals surface area contributed by atoms with Crippen molar-refractivity contribution in [3.8, 4) is 0 Å². The third-order valence-corrected chi connectivity index (χ3v) is 5.31. The van der Waals surface area contributed by atoms with Crippen molar-refractivity contribution in [1.82, 2.24) is 15.6 Å². The minimum atomic E-state index is 0. The molecule has 0 fully saturated rings. The molecule has 2 rings (SSSR count). The van der Waals surface area contributed by atoms with Crippen molar-refractivity contribution in [2.45, 2.75) is 46.1 Å². The molecule has 134 valence electrons. The van der Waals surface area contributed by atoms with Crippen molar-refractivity contribution >= 4 is 52.6 Å². The highest BCUT2D eigenvalue weighted by atomic mass is 127. The van der Waals surface area contributed by atoms with Crippen LogP contribution in [0.25, 0.3) is 0 Å². The fraction of sp³-hybridized carbons (Fsp3) is 0.529. The zero-order chi connectivity index (χ0) is 16.9. The molecule has 0 bridgehead atoms. The van der Waals surface area contributed by atoms with E-state index < -0.39 is 0 Å². The van der Waals surface area contributed by atoms with E-state index in [0.29, 0.717) is 0 Å². The normalized spacial score (nSPS) is 12.0. The summed E-state index contributed by atoms with van der Waals surface area (Å²) in [7, 11) is 1.80. The van der Waals surface area contributed by atoms with Crippen LogP contribution < -0.4 is 10.6 Å². The Morgan fingerprint density at radius 2 is 2.00 bits per heavy atom. The summed E-state index contributed by atoms with van der Waals surface area (Å²) in [5.41, 5.74) is 1.30. The molecule has 2 aromatic rings. The lowest BCUT2D eigenvalue weighted by Gasteiger charge is -2.14. The largest absolute Gasteiger partial charge is 0.356 e. The zero-order valence-electron chi connectivity index (χ0n) is 15.0. The highest BCUT2D eigenvalue weighted by Crippen LogP contribution is 2.23. The van der Waals surface area contributed by atoms with E-state index in [1.165, 1.54) is 20.5 Å². The molecular formula is C17H27IN4S2. The van der Waals surface area contributed by atoms with Crippen molar-refractivity contribution in [3.05, 3.63) is 38.0 Å². The lowest BCUT2D eigenvalue weighted by Crippen LogP contribution is -2.37. The predicted molar refractivity (Wildman–Crippen MR) is 117 cm³/mol. The number of hydrogen-bond acceptors (Lipinski definition) is 4. The molecule has 2 heterocycles. The van der Waals surface area contributed by atoms with Crippen LogP contribution in [0.2, 0.25) is 0 Å². The first kappa shape index (κ1) is 21.4. The quantitative estimate of drug-likeness (QED) is 0.382. The van der Waals surface area contributed by atoms with E-state index in [4.69, 9.17) is 4.98 Å². The van der Waals surface area contributed by atoms with Gasteiger partial charge in [0.25, 0.3) is 0 Å². The fourth-order valence-corrected chi connectivity index (χ4v) is 3.88. The maximum absolute atomic E-state index is 4.72. The molecule has 0 saturated carbocycles. The van der Waals surface area contributed by atoms with Crippen molar-refractivity contribution in [2.24, 2.45) is 4.99 Å². The number of hydrogen-bond donors (Lipinski definition) is 2. The highest BCUT2D eigenvalue weighted by molar-refractivity contribution is 14.0. The summed E-state index contributed by atoms with van der Waals surface area (Å²) in [6.45, 7) is 10.4. The van der Waals surface area contributed by atoms with E-state index >= 15 is 0 Å². The van der Waals surface area contributed by atoms with Gasteiger partial charge < -0.3 is 10.6 Å². The number of aliphatic imine (C=N–C) groups is 1. The maximum atomic E-state index is 4.72. The maximum Gasteiger partial charge on any atom is 0.191 e. The van der Waals surface area contributed by atoms with Gasteiger partial charge in [-0.3, -0.25) is 4.99 Å². The molecule has 0 aliphatic carbocycles. The van der Waals surface area contributed by atoms with Crippen LogP contribution in [-0.2, 0) is 18.4 Å². The van der Waals surface area contributed by atoms with E-state index in [1.807, 2.05) is 11.3 Å². The van der Waals surface area contributed by atoms with Crippen molar-refractivity contribution in [2.75, 3.05) is 13.6 Å². The molecule has 0 amide bonds. The second-order valence-corrected chi connectivity index (χ2v) is 8.81. The Labute approximate surface area is 170 Å². The molecule has 4 nitrogen and oxygen atoms in total. The summed E-state index contributed by atoms with van der Waals surface area (Å²) in [5.74, 6) is 0.837. The molecular weight excluding hydrogens is 451 g/mol. The topological polar surface area (TPSA) is 49.3 Å². The van der Waals surface area contributed by atoms with Gasteiger partial charge in [-0.25, -0.2) is 4.98 Å². The number of guanidine groups is 1. The lowest BCUT2D eigenvalue weighted by atomic mass is 9.93. The first-order chi connectivity index (χ1) is 10.9. The van der Waals surface area contributed by atoms with E-state index in [9.17, 15) is 0 Å². The van der Waals surface area contributed by atoms with Crippen LogP contribution in [0, 0.1) is 6.92 Å². The Hall–Kier alpha value is -0.670. The second kappa shape index (κ2) is 9.72. The van der Waals surface area contributed by atoms with Crippen LogP contribution in [0.1, 0.15) is 41.2 Å². The standard InChI is InChI=1S/C17H26N4S2.HI/c1-12-6-7-13(23-12)10-20-16(18-5)19-9-8-15-21-14(11-22-15)17(2,3)4;/h6-7,11H,8-10H2,1-5H3,(H2,18,19,20);1H. The SMILES string of the molecule is CN=C(NCCc1nc(C(C)(C)C)cs1)NCc1ccc(C)s1.I. The van der Waals surface area contributed by atoms with Gasteiger partial charge >= 0.3 is 0 Å². The smallest absolute Gasteiger partial charge is 0.191 e. The Balaban J connectivity index is 0.00000288. The first-order valence-electron chi connectivity index (χ1n) is 7.83. The van der Waals surface area contributed by atoms with E-state index in [1.54, 1.807) is 18.4 Å².